The van der Waals surface area contributed by atoms with E-state index in [1.807, 2.05) is 66.7 Å². The van der Waals surface area contributed by atoms with Gasteiger partial charge in [-0.15, -0.1) is 10.2 Å². The number of carbonyl (C=O) groups excluding carboxylic acids is 1. The first-order valence-electron chi connectivity index (χ1n) is 11.3. The molecule has 7 nitrogen and oxygen atoms in total. The van der Waals surface area contributed by atoms with Crippen LogP contribution in [0.5, 0.6) is 5.75 Å². The fourth-order valence-corrected chi connectivity index (χ4v) is 4.62. The molecule has 180 valence electrons. The number of aromatic nitrogens is 3. The van der Waals surface area contributed by atoms with Gasteiger partial charge in [-0.1, -0.05) is 60.3 Å². The lowest BCUT2D eigenvalue weighted by molar-refractivity contribution is 0.0936. The van der Waals surface area contributed by atoms with E-state index in [1.165, 1.54) is 0 Å². The summed E-state index contributed by atoms with van der Waals surface area (Å²) in [4.78, 5) is 12.7. The summed E-state index contributed by atoms with van der Waals surface area (Å²) >= 11 is 1.55. The van der Waals surface area contributed by atoms with Crippen LogP contribution in [0.3, 0.4) is 0 Å². The fourth-order valence-electron chi connectivity index (χ4n) is 3.65. The molecule has 0 saturated carbocycles. The van der Waals surface area contributed by atoms with Gasteiger partial charge in [0.05, 0.1) is 13.7 Å². The van der Waals surface area contributed by atoms with Gasteiger partial charge in [-0.2, -0.15) is 0 Å². The number of hydrogen-bond donors (Lipinski definition) is 1. The molecular formula is C27H28N4O3S. The third-order valence-electron chi connectivity index (χ3n) is 5.45. The van der Waals surface area contributed by atoms with E-state index in [0.29, 0.717) is 30.9 Å². The molecule has 0 unspecified atom stereocenters. The highest BCUT2D eigenvalue weighted by molar-refractivity contribution is 7.98. The molecule has 1 N–H and O–H groups in total. The maximum atomic E-state index is 12.7. The van der Waals surface area contributed by atoms with Crippen molar-refractivity contribution in [2.75, 3.05) is 27.4 Å². The Kier molecular flexibility index (Phi) is 8.53. The first kappa shape index (κ1) is 24.5. The normalized spacial score (nSPS) is 10.8. The maximum Gasteiger partial charge on any atom is 0.251 e. The minimum Gasteiger partial charge on any atom is -0.497 e. The van der Waals surface area contributed by atoms with E-state index in [0.717, 1.165) is 33.5 Å². The van der Waals surface area contributed by atoms with Gasteiger partial charge in [-0.25, -0.2) is 0 Å². The second-order valence-corrected chi connectivity index (χ2v) is 8.73. The highest BCUT2D eigenvalue weighted by Crippen LogP contribution is 2.28. The Labute approximate surface area is 209 Å². The van der Waals surface area contributed by atoms with Crippen molar-refractivity contribution in [2.45, 2.75) is 17.3 Å². The van der Waals surface area contributed by atoms with Crippen molar-refractivity contribution in [1.29, 1.82) is 0 Å². The zero-order chi connectivity index (χ0) is 24.5. The van der Waals surface area contributed by atoms with E-state index in [4.69, 9.17) is 9.47 Å². The molecule has 3 aromatic carbocycles. The van der Waals surface area contributed by atoms with Crippen molar-refractivity contribution >= 4 is 17.7 Å². The first-order chi connectivity index (χ1) is 17.2. The summed E-state index contributed by atoms with van der Waals surface area (Å²) in [5.41, 5.74) is 3.69. The number of rotatable bonds is 11. The Morgan fingerprint density at radius 3 is 2.43 bits per heavy atom. The fraction of sp³-hybridized carbons (Fsp3) is 0.222. The summed E-state index contributed by atoms with van der Waals surface area (Å²) in [6.45, 7) is 0.934. The van der Waals surface area contributed by atoms with Gasteiger partial charge in [-0.3, -0.25) is 9.36 Å². The Morgan fingerprint density at radius 2 is 1.69 bits per heavy atom. The molecular weight excluding hydrogens is 460 g/mol. The molecule has 0 aliphatic heterocycles. The number of carbonyl (C=O) groups is 1. The summed E-state index contributed by atoms with van der Waals surface area (Å²) in [5, 5.41) is 12.7. The van der Waals surface area contributed by atoms with Gasteiger partial charge in [0.15, 0.2) is 5.16 Å². The molecule has 1 amide bonds. The number of benzene rings is 3. The number of nitrogens with zero attached hydrogens (tertiary/aromatic N) is 3. The summed E-state index contributed by atoms with van der Waals surface area (Å²) in [6, 6.07) is 25.7. The second-order valence-electron chi connectivity index (χ2n) is 7.79. The van der Waals surface area contributed by atoms with Gasteiger partial charge < -0.3 is 14.8 Å². The molecule has 4 rings (SSSR count). The topological polar surface area (TPSA) is 78.3 Å². The molecule has 0 spiro atoms. The van der Waals surface area contributed by atoms with E-state index < -0.39 is 0 Å². The molecule has 0 atom stereocenters. The van der Waals surface area contributed by atoms with E-state index >= 15 is 0 Å². The molecule has 8 heteroatoms. The van der Waals surface area contributed by atoms with Crippen molar-refractivity contribution < 1.29 is 14.3 Å². The summed E-state index contributed by atoms with van der Waals surface area (Å²) in [7, 11) is 3.26. The molecule has 0 aliphatic carbocycles. The van der Waals surface area contributed by atoms with Crippen LogP contribution < -0.4 is 10.1 Å². The van der Waals surface area contributed by atoms with E-state index in [2.05, 4.69) is 32.2 Å². The van der Waals surface area contributed by atoms with Crippen molar-refractivity contribution in [3.05, 3.63) is 101 Å². The minimum atomic E-state index is -0.111. The van der Waals surface area contributed by atoms with Gasteiger partial charge in [-0.05, 0) is 41.5 Å². The number of amides is 1. The lowest BCUT2D eigenvalue weighted by atomic mass is 10.1. The Morgan fingerprint density at radius 1 is 0.943 bits per heavy atom. The van der Waals surface area contributed by atoms with Crippen molar-refractivity contribution in [3.63, 3.8) is 0 Å². The third-order valence-corrected chi connectivity index (χ3v) is 6.42. The quantitative estimate of drug-likeness (QED) is 0.247. The SMILES string of the molecule is COCCNC(=O)c1ccccc1CSc1nnc(Cc2ccccc2)n1-c1ccc(OC)cc1. The largest absolute Gasteiger partial charge is 0.497 e. The molecule has 0 saturated heterocycles. The second kappa shape index (κ2) is 12.2. The van der Waals surface area contributed by atoms with Gasteiger partial charge in [0, 0.05) is 37.1 Å². The van der Waals surface area contributed by atoms with Gasteiger partial charge in [0.25, 0.3) is 5.91 Å². The Balaban J connectivity index is 1.60. The lowest BCUT2D eigenvalue weighted by Crippen LogP contribution is -2.27. The van der Waals surface area contributed by atoms with Crippen LogP contribution in [-0.2, 0) is 16.9 Å². The molecule has 0 fully saturated rings. The van der Waals surface area contributed by atoms with Crippen LogP contribution in [0.4, 0.5) is 0 Å². The first-order valence-corrected chi connectivity index (χ1v) is 12.3. The molecule has 0 aliphatic rings. The smallest absolute Gasteiger partial charge is 0.251 e. The van der Waals surface area contributed by atoms with Crippen molar-refractivity contribution in [2.24, 2.45) is 0 Å². The summed E-state index contributed by atoms with van der Waals surface area (Å²) in [5.74, 6) is 2.09. The molecule has 0 bridgehead atoms. The summed E-state index contributed by atoms with van der Waals surface area (Å²) in [6.07, 6.45) is 0.652. The zero-order valence-electron chi connectivity index (χ0n) is 19.8. The van der Waals surface area contributed by atoms with E-state index in [9.17, 15) is 4.79 Å². The third kappa shape index (κ3) is 6.29. The Bertz CT molecular complexity index is 1240. The van der Waals surface area contributed by atoms with Crippen molar-refractivity contribution in [1.82, 2.24) is 20.1 Å². The average Bonchev–Trinajstić information content (AvgIpc) is 3.30. The molecule has 35 heavy (non-hydrogen) atoms. The van der Waals surface area contributed by atoms with Gasteiger partial charge >= 0.3 is 0 Å². The van der Waals surface area contributed by atoms with Crippen LogP contribution in [0, 0.1) is 0 Å². The predicted molar refractivity (Wildman–Crippen MR) is 137 cm³/mol. The average molecular weight is 489 g/mol. The number of hydrogen-bond acceptors (Lipinski definition) is 6. The summed E-state index contributed by atoms with van der Waals surface area (Å²) < 4.78 is 12.4. The maximum absolute atomic E-state index is 12.7. The standard InChI is InChI=1S/C27H28N4O3S/c1-33-17-16-28-26(32)24-11-7-6-10-21(24)19-35-27-30-29-25(18-20-8-4-3-5-9-20)31(27)22-12-14-23(34-2)15-13-22/h3-15H,16-19H2,1-2H3,(H,28,32). The molecule has 4 aromatic rings. The molecule has 0 radical (unpaired) electrons. The number of ether oxygens (including phenoxy) is 2. The highest BCUT2D eigenvalue weighted by atomic mass is 32.2. The van der Waals surface area contributed by atoms with Crippen LogP contribution in [0.25, 0.3) is 5.69 Å². The Hall–Kier alpha value is -3.62. The van der Waals surface area contributed by atoms with Crippen molar-refractivity contribution in [3.8, 4) is 11.4 Å². The van der Waals surface area contributed by atoms with Gasteiger partial charge in [0.1, 0.15) is 11.6 Å². The predicted octanol–water partition coefficient (Wildman–Crippen LogP) is 4.54. The van der Waals surface area contributed by atoms with Gasteiger partial charge in [0.2, 0.25) is 0 Å². The number of nitrogens with one attached hydrogen (secondary N) is 1. The minimum absolute atomic E-state index is 0.111. The van der Waals surface area contributed by atoms with E-state index in [1.54, 1.807) is 26.0 Å². The zero-order valence-corrected chi connectivity index (χ0v) is 20.6. The van der Waals surface area contributed by atoms with Crippen LogP contribution in [0.2, 0.25) is 0 Å². The molecule has 1 aromatic heterocycles. The highest BCUT2D eigenvalue weighted by Gasteiger charge is 2.17. The van der Waals surface area contributed by atoms with E-state index in [-0.39, 0.29) is 5.91 Å². The monoisotopic (exact) mass is 488 g/mol. The van der Waals surface area contributed by atoms with Crippen LogP contribution in [0.1, 0.15) is 27.3 Å². The molecule has 1 heterocycles. The van der Waals surface area contributed by atoms with Crippen LogP contribution in [0.15, 0.2) is 84.0 Å². The number of methoxy groups -OCH3 is 2. The number of thioether (sulfide) groups is 1. The lowest BCUT2D eigenvalue weighted by Gasteiger charge is -2.12. The van der Waals surface area contributed by atoms with Crippen LogP contribution >= 0.6 is 11.8 Å². The van der Waals surface area contributed by atoms with Crippen LogP contribution in [-0.4, -0.2) is 48.0 Å².